The van der Waals surface area contributed by atoms with E-state index in [1.165, 1.54) is 0 Å². The lowest BCUT2D eigenvalue weighted by Gasteiger charge is -2.19. The number of rotatable bonds is 2. The van der Waals surface area contributed by atoms with Crippen LogP contribution in [0.3, 0.4) is 0 Å². The highest BCUT2D eigenvalue weighted by molar-refractivity contribution is 4.85. The first-order chi connectivity index (χ1) is 3.95. The van der Waals surface area contributed by atoms with E-state index in [-0.39, 0.29) is 0 Å². The summed E-state index contributed by atoms with van der Waals surface area (Å²) in [6, 6.07) is 0. The van der Waals surface area contributed by atoms with E-state index in [1.54, 1.807) is 26.8 Å². The number of allylic oxidation sites excluding steroid dienone is 2. The summed E-state index contributed by atoms with van der Waals surface area (Å²) in [6.07, 6.45) is 1.80. The van der Waals surface area contributed by atoms with E-state index in [2.05, 4.69) is 0 Å². The van der Waals surface area contributed by atoms with E-state index < -0.39 is 5.79 Å². The first kappa shape index (κ1) is 8.50. The van der Waals surface area contributed by atoms with Crippen LogP contribution in [0.4, 0.5) is 0 Å². The fourth-order valence-corrected chi connectivity index (χ4v) is 0.453. The molecule has 0 aromatic rings. The highest BCUT2D eigenvalue weighted by atomic mass is 16.6. The van der Waals surface area contributed by atoms with Crippen molar-refractivity contribution in [2.75, 3.05) is 0 Å². The maximum atomic E-state index is 9.06. The molecular weight excluding hydrogens is 116 g/mol. The smallest absolute Gasteiger partial charge is 0.201 e. The van der Waals surface area contributed by atoms with E-state index in [0.29, 0.717) is 0 Å². The molecular formula is C7H14O2. The molecule has 0 fully saturated rings. The van der Waals surface area contributed by atoms with Crippen LogP contribution in [-0.2, 0) is 4.74 Å². The van der Waals surface area contributed by atoms with Crippen molar-refractivity contribution >= 4 is 0 Å². The summed E-state index contributed by atoms with van der Waals surface area (Å²) in [5.74, 6) is -0.307. The molecule has 0 saturated heterocycles. The summed E-state index contributed by atoms with van der Waals surface area (Å²) in [4.78, 5) is 0. The van der Waals surface area contributed by atoms with Crippen LogP contribution in [0, 0.1) is 0 Å². The topological polar surface area (TPSA) is 29.5 Å². The Balaban J connectivity index is 3.75. The van der Waals surface area contributed by atoms with E-state index >= 15 is 0 Å². The third-order valence-corrected chi connectivity index (χ3v) is 0.817. The summed E-state index contributed by atoms with van der Waals surface area (Å²) in [5, 5.41) is 9.06. The van der Waals surface area contributed by atoms with E-state index in [4.69, 9.17) is 9.84 Å². The Morgan fingerprint density at radius 2 is 2.00 bits per heavy atom. The van der Waals surface area contributed by atoms with E-state index in [9.17, 15) is 0 Å². The second-order valence-electron chi connectivity index (χ2n) is 2.45. The van der Waals surface area contributed by atoms with Gasteiger partial charge in [0.1, 0.15) is 0 Å². The molecule has 0 unspecified atom stereocenters. The van der Waals surface area contributed by atoms with Gasteiger partial charge in [-0.15, -0.1) is 0 Å². The predicted molar refractivity (Wildman–Crippen MR) is 36.8 cm³/mol. The maximum Gasteiger partial charge on any atom is 0.201 e. The van der Waals surface area contributed by atoms with Gasteiger partial charge in [0, 0.05) is 13.8 Å². The minimum absolute atomic E-state index is 0.738. The van der Waals surface area contributed by atoms with Gasteiger partial charge in [-0.05, 0) is 19.9 Å². The maximum absolute atomic E-state index is 9.06. The van der Waals surface area contributed by atoms with Gasteiger partial charge in [-0.2, -0.15) is 0 Å². The number of ether oxygens (including phenoxy) is 1. The zero-order valence-corrected chi connectivity index (χ0v) is 6.43. The van der Waals surface area contributed by atoms with Crippen molar-refractivity contribution in [2.24, 2.45) is 0 Å². The van der Waals surface area contributed by atoms with Gasteiger partial charge in [-0.1, -0.05) is 0 Å². The zero-order valence-electron chi connectivity index (χ0n) is 6.43. The van der Waals surface area contributed by atoms with Crippen molar-refractivity contribution in [1.29, 1.82) is 0 Å². The van der Waals surface area contributed by atoms with Crippen LogP contribution < -0.4 is 0 Å². The van der Waals surface area contributed by atoms with E-state index in [1.807, 2.05) is 6.92 Å². The van der Waals surface area contributed by atoms with Crippen LogP contribution in [0.5, 0.6) is 0 Å². The van der Waals surface area contributed by atoms with Crippen LogP contribution >= 0.6 is 0 Å². The Morgan fingerprint density at radius 3 is 2.11 bits per heavy atom. The largest absolute Gasteiger partial charge is 0.468 e. The molecule has 0 bridgehead atoms. The van der Waals surface area contributed by atoms with Gasteiger partial charge in [0.15, 0.2) is 0 Å². The fourth-order valence-electron chi connectivity index (χ4n) is 0.453. The zero-order chi connectivity index (χ0) is 7.49. The predicted octanol–water partition coefficient (Wildman–Crippen LogP) is 1.66. The van der Waals surface area contributed by atoms with Gasteiger partial charge in [0.25, 0.3) is 0 Å². The minimum Gasteiger partial charge on any atom is -0.468 e. The van der Waals surface area contributed by atoms with Crippen molar-refractivity contribution in [1.82, 2.24) is 0 Å². The second kappa shape index (κ2) is 2.87. The average molecular weight is 130 g/mol. The fraction of sp³-hybridized carbons (Fsp3) is 0.714. The molecule has 0 heterocycles. The normalized spacial score (nSPS) is 13.7. The van der Waals surface area contributed by atoms with Crippen LogP contribution in [0.1, 0.15) is 27.7 Å². The third kappa shape index (κ3) is 5.37. The lowest BCUT2D eigenvalue weighted by molar-refractivity contribution is -0.146. The van der Waals surface area contributed by atoms with Gasteiger partial charge in [-0.3, -0.25) is 0 Å². The molecule has 0 atom stereocenters. The number of aliphatic hydroxyl groups is 1. The highest BCUT2D eigenvalue weighted by Crippen LogP contribution is 2.09. The summed E-state index contributed by atoms with van der Waals surface area (Å²) in [7, 11) is 0. The Kier molecular flexibility index (Phi) is 2.71. The van der Waals surface area contributed by atoms with Crippen LogP contribution in [0.25, 0.3) is 0 Å². The Morgan fingerprint density at radius 1 is 1.56 bits per heavy atom. The van der Waals surface area contributed by atoms with Crippen LogP contribution in [0.2, 0.25) is 0 Å². The molecule has 1 N–H and O–H groups in total. The monoisotopic (exact) mass is 130 g/mol. The van der Waals surface area contributed by atoms with Crippen LogP contribution in [0.15, 0.2) is 11.8 Å². The summed E-state index contributed by atoms with van der Waals surface area (Å²) >= 11 is 0. The molecule has 0 rings (SSSR count). The third-order valence-electron chi connectivity index (χ3n) is 0.817. The lowest BCUT2D eigenvalue weighted by atomic mass is 10.4. The Hall–Kier alpha value is -0.500. The number of hydrogen-bond acceptors (Lipinski definition) is 2. The quantitative estimate of drug-likeness (QED) is 0.455. The molecule has 0 radical (unpaired) electrons. The van der Waals surface area contributed by atoms with Crippen molar-refractivity contribution in [3.63, 3.8) is 0 Å². The molecule has 0 aliphatic carbocycles. The van der Waals surface area contributed by atoms with Gasteiger partial charge < -0.3 is 9.84 Å². The summed E-state index contributed by atoms with van der Waals surface area (Å²) in [5.41, 5.74) is 0. The Bertz CT molecular complexity index is 109. The SMILES string of the molecule is CC=C(C)OC(C)(C)O. The molecule has 0 aliphatic heterocycles. The molecule has 0 aromatic carbocycles. The van der Waals surface area contributed by atoms with Crippen molar-refractivity contribution in [2.45, 2.75) is 33.5 Å². The van der Waals surface area contributed by atoms with E-state index in [0.717, 1.165) is 5.76 Å². The van der Waals surface area contributed by atoms with Crippen molar-refractivity contribution in [3.8, 4) is 0 Å². The molecule has 2 nitrogen and oxygen atoms in total. The van der Waals surface area contributed by atoms with Gasteiger partial charge in [0.05, 0.1) is 5.76 Å². The second-order valence-corrected chi connectivity index (χ2v) is 2.45. The first-order valence-electron chi connectivity index (χ1n) is 3.00. The molecule has 0 aromatic heterocycles. The van der Waals surface area contributed by atoms with Crippen molar-refractivity contribution < 1.29 is 9.84 Å². The summed E-state index contributed by atoms with van der Waals surface area (Å²) in [6.45, 7) is 6.86. The van der Waals surface area contributed by atoms with Gasteiger partial charge >= 0.3 is 0 Å². The van der Waals surface area contributed by atoms with Crippen molar-refractivity contribution in [3.05, 3.63) is 11.8 Å². The molecule has 54 valence electrons. The molecule has 9 heavy (non-hydrogen) atoms. The average Bonchev–Trinajstić information content (AvgIpc) is 1.62. The molecule has 0 spiro atoms. The molecule has 0 aliphatic rings. The van der Waals surface area contributed by atoms with Crippen LogP contribution in [-0.4, -0.2) is 10.9 Å². The van der Waals surface area contributed by atoms with Gasteiger partial charge in [0.2, 0.25) is 5.79 Å². The Labute approximate surface area is 56.1 Å². The van der Waals surface area contributed by atoms with Gasteiger partial charge in [-0.25, -0.2) is 0 Å². The standard InChI is InChI=1S/C7H14O2/c1-5-6(2)9-7(3,4)8/h5,8H,1-4H3. The molecule has 2 heteroatoms. The number of hydrogen-bond donors (Lipinski definition) is 1. The summed E-state index contributed by atoms with van der Waals surface area (Å²) < 4.78 is 5.00. The lowest BCUT2D eigenvalue weighted by Crippen LogP contribution is -2.21. The molecule has 0 amide bonds. The first-order valence-corrected chi connectivity index (χ1v) is 3.00. The highest BCUT2D eigenvalue weighted by Gasteiger charge is 2.12. The minimum atomic E-state index is -1.05. The molecule has 0 saturated carbocycles.